The van der Waals surface area contributed by atoms with Crippen molar-refractivity contribution in [1.82, 2.24) is 15.5 Å². The summed E-state index contributed by atoms with van der Waals surface area (Å²) in [6.45, 7) is 12.0. The van der Waals surface area contributed by atoms with Gasteiger partial charge in [0.05, 0.1) is 6.04 Å². The molecule has 0 saturated carbocycles. The van der Waals surface area contributed by atoms with Gasteiger partial charge in [0.1, 0.15) is 5.60 Å². The Morgan fingerprint density at radius 1 is 1.11 bits per heavy atom. The minimum absolute atomic E-state index is 0.128. The van der Waals surface area contributed by atoms with Crippen molar-refractivity contribution in [3.63, 3.8) is 0 Å². The van der Waals surface area contributed by atoms with Crippen LogP contribution in [0.4, 0.5) is 4.79 Å². The highest BCUT2D eigenvalue weighted by Gasteiger charge is 2.38. The second-order valence-electron chi connectivity index (χ2n) is 11.1. The molecule has 1 aliphatic heterocycles. The Kier molecular flexibility index (Phi) is 10.9. The number of aldehydes is 1. The number of piperidine rings is 1. The van der Waals surface area contributed by atoms with E-state index in [2.05, 4.69) is 15.5 Å². The Labute approximate surface area is 224 Å². The number of likely N-dealkylation sites (tertiary alicyclic amines) is 1. The van der Waals surface area contributed by atoms with Gasteiger partial charge in [-0.05, 0) is 63.4 Å². The maximum absolute atomic E-state index is 13.3. The molecule has 0 aliphatic carbocycles. The number of nitrogens with one attached hydrogen (secondary N) is 2. The fraction of sp³-hybridized carbons (Fsp3) is 0.630. The number of alkyl carbamates (subject to hydrolysis) is 1. The van der Waals surface area contributed by atoms with Crippen LogP contribution in [0.3, 0.4) is 0 Å². The number of amides is 2. The van der Waals surface area contributed by atoms with Crippen molar-refractivity contribution in [3.05, 3.63) is 34.3 Å². The van der Waals surface area contributed by atoms with E-state index in [1.54, 1.807) is 32.9 Å². The van der Waals surface area contributed by atoms with Crippen LogP contribution in [0.15, 0.2) is 18.2 Å². The summed E-state index contributed by atoms with van der Waals surface area (Å²) in [7, 11) is 0. The lowest BCUT2D eigenvalue weighted by Crippen LogP contribution is -2.54. The van der Waals surface area contributed by atoms with Gasteiger partial charge < -0.3 is 20.1 Å². The van der Waals surface area contributed by atoms with Gasteiger partial charge in [-0.2, -0.15) is 0 Å². The lowest BCUT2D eigenvalue weighted by Gasteiger charge is -2.41. The second-order valence-corrected chi connectivity index (χ2v) is 11.6. The molecule has 2 N–H and O–H groups in total. The van der Waals surface area contributed by atoms with Gasteiger partial charge in [-0.25, -0.2) is 4.79 Å². The maximum Gasteiger partial charge on any atom is 0.407 e. The van der Waals surface area contributed by atoms with E-state index in [4.69, 9.17) is 21.1 Å². The predicted molar refractivity (Wildman–Crippen MR) is 141 cm³/mol. The molecule has 0 aromatic heterocycles. The number of rotatable bonds is 10. The van der Waals surface area contributed by atoms with E-state index in [-0.39, 0.29) is 25.0 Å². The van der Waals surface area contributed by atoms with Crippen molar-refractivity contribution in [2.75, 3.05) is 13.1 Å². The van der Waals surface area contributed by atoms with Crippen LogP contribution < -0.4 is 10.6 Å². The molecule has 9 nitrogen and oxygen atoms in total. The van der Waals surface area contributed by atoms with Crippen LogP contribution in [0, 0.1) is 5.41 Å². The highest BCUT2D eigenvalue weighted by Crippen LogP contribution is 2.28. The van der Waals surface area contributed by atoms with Crippen LogP contribution in [0.1, 0.15) is 71.9 Å². The summed E-state index contributed by atoms with van der Waals surface area (Å²) in [6.07, 6.45) is 1.75. The van der Waals surface area contributed by atoms with Crippen molar-refractivity contribution >= 4 is 35.9 Å². The highest BCUT2D eigenvalue weighted by atomic mass is 35.5. The molecule has 0 radical (unpaired) electrons. The molecule has 1 aromatic rings. The molecule has 1 heterocycles. The molecule has 1 saturated heterocycles. The van der Waals surface area contributed by atoms with E-state index in [1.807, 2.05) is 19.9 Å². The number of ether oxygens (including phenoxy) is 2. The predicted octanol–water partition coefficient (Wildman–Crippen LogP) is 3.99. The summed E-state index contributed by atoms with van der Waals surface area (Å²) < 4.78 is 10.5. The van der Waals surface area contributed by atoms with E-state index < -0.39 is 29.2 Å². The fourth-order valence-electron chi connectivity index (χ4n) is 4.35. The van der Waals surface area contributed by atoms with Crippen LogP contribution in [0.2, 0.25) is 5.02 Å². The summed E-state index contributed by atoms with van der Waals surface area (Å²) >= 11 is 6.21. The van der Waals surface area contributed by atoms with Crippen LogP contribution in [-0.2, 0) is 36.9 Å². The van der Waals surface area contributed by atoms with Crippen molar-refractivity contribution in [1.29, 1.82) is 0 Å². The van der Waals surface area contributed by atoms with Crippen LogP contribution in [0.25, 0.3) is 0 Å². The second kappa shape index (κ2) is 13.2. The third-order valence-corrected chi connectivity index (χ3v) is 6.39. The molecule has 1 aliphatic rings. The number of halogens is 1. The average molecular weight is 538 g/mol. The summed E-state index contributed by atoms with van der Waals surface area (Å²) in [6, 6.07) is 4.94. The summed E-state index contributed by atoms with van der Waals surface area (Å²) in [5, 5.41) is 6.28. The van der Waals surface area contributed by atoms with Crippen LogP contribution in [-0.4, -0.2) is 60.0 Å². The number of carbonyl (C=O) groups excluding carboxylic acids is 4. The number of esters is 1. The van der Waals surface area contributed by atoms with Gasteiger partial charge in [-0.3, -0.25) is 19.3 Å². The number of benzene rings is 1. The number of nitrogens with zero attached hydrogens (tertiary/aromatic N) is 1. The normalized spacial score (nSPS) is 17.4. The van der Waals surface area contributed by atoms with E-state index >= 15 is 0 Å². The molecule has 1 aromatic carbocycles. The number of hydrogen-bond acceptors (Lipinski definition) is 7. The Morgan fingerprint density at radius 2 is 1.78 bits per heavy atom. The van der Waals surface area contributed by atoms with Gasteiger partial charge in [-0.1, -0.05) is 37.9 Å². The SMILES string of the molecule is CC(=O)O[C@@H](C=O)C(C)(C)CN1CCCC[C@H]1C(=O)NCc1cc(Cl)ccc1CNC(=O)OC(C)(C)C. The topological polar surface area (TPSA) is 114 Å². The molecule has 10 heteroatoms. The quantitative estimate of drug-likeness (QED) is 0.342. The zero-order valence-electron chi connectivity index (χ0n) is 22.7. The maximum atomic E-state index is 13.3. The molecule has 2 atom stereocenters. The molecular formula is C27H40ClN3O6. The molecule has 1 fully saturated rings. The van der Waals surface area contributed by atoms with Gasteiger partial charge in [0.2, 0.25) is 5.91 Å². The first-order valence-electron chi connectivity index (χ1n) is 12.6. The van der Waals surface area contributed by atoms with E-state index in [0.717, 1.165) is 24.0 Å². The average Bonchev–Trinajstić information content (AvgIpc) is 2.79. The zero-order chi connectivity index (χ0) is 27.8. The minimum atomic E-state index is -0.901. The highest BCUT2D eigenvalue weighted by molar-refractivity contribution is 6.30. The van der Waals surface area contributed by atoms with Crippen molar-refractivity contribution in [2.45, 2.75) is 91.6 Å². The first-order chi connectivity index (χ1) is 17.2. The third-order valence-electron chi connectivity index (χ3n) is 6.16. The summed E-state index contributed by atoms with van der Waals surface area (Å²) in [5.41, 5.74) is 0.324. The zero-order valence-corrected chi connectivity index (χ0v) is 23.4. The summed E-state index contributed by atoms with van der Waals surface area (Å²) in [4.78, 5) is 50.5. The van der Waals surface area contributed by atoms with E-state index in [9.17, 15) is 19.2 Å². The lowest BCUT2D eigenvalue weighted by atomic mass is 9.84. The smallest absolute Gasteiger partial charge is 0.407 e. The van der Waals surface area contributed by atoms with E-state index in [0.29, 0.717) is 30.8 Å². The van der Waals surface area contributed by atoms with Crippen molar-refractivity contribution in [2.24, 2.45) is 5.41 Å². The fourth-order valence-corrected chi connectivity index (χ4v) is 4.55. The van der Waals surface area contributed by atoms with Gasteiger partial charge >= 0.3 is 12.1 Å². The molecule has 2 rings (SSSR count). The van der Waals surface area contributed by atoms with Crippen molar-refractivity contribution < 1.29 is 28.7 Å². The number of carbonyl (C=O) groups is 4. The van der Waals surface area contributed by atoms with Gasteiger partial charge in [0.15, 0.2) is 12.4 Å². The number of hydrogen-bond donors (Lipinski definition) is 2. The molecule has 0 spiro atoms. The Morgan fingerprint density at radius 3 is 2.41 bits per heavy atom. The standard InChI is InChI=1S/C27H40ClN3O6/c1-18(33)36-23(16-32)27(5,6)17-31-12-8-7-9-22(31)24(34)29-15-20-13-21(28)11-10-19(20)14-30-25(35)37-26(2,3)4/h10-11,13,16,22-23H,7-9,12,14-15,17H2,1-6H3,(H,29,34)(H,30,35)/t22-,23-/m0/s1. The molecule has 37 heavy (non-hydrogen) atoms. The van der Waals surface area contributed by atoms with E-state index in [1.165, 1.54) is 6.92 Å². The monoisotopic (exact) mass is 537 g/mol. The lowest BCUT2D eigenvalue weighted by molar-refractivity contribution is -0.157. The van der Waals surface area contributed by atoms with Gasteiger partial charge in [0.25, 0.3) is 0 Å². The van der Waals surface area contributed by atoms with Crippen molar-refractivity contribution in [3.8, 4) is 0 Å². The van der Waals surface area contributed by atoms with Crippen LogP contribution in [0.5, 0.6) is 0 Å². The molecule has 0 unspecified atom stereocenters. The van der Waals surface area contributed by atoms with Gasteiger partial charge in [-0.15, -0.1) is 0 Å². The molecule has 206 valence electrons. The summed E-state index contributed by atoms with van der Waals surface area (Å²) in [5.74, 6) is -0.645. The molecular weight excluding hydrogens is 498 g/mol. The molecule has 0 bridgehead atoms. The first kappa shape index (κ1) is 30.6. The van der Waals surface area contributed by atoms with Gasteiger partial charge in [0, 0.05) is 37.0 Å². The Hall–Kier alpha value is -2.65. The third kappa shape index (κ3) is 9.97. The Bertz CT molecular complexity index is 975. The minimum Gasteiger partial charge on any atom is -0.454 e. The molecule has 2 amide bonds. The Balaban J connectivity index is 2.07. The first-order valence-corrected chi connectivity index (χ1v) is 13.0. The largest absolute Gasteiger partial charge is 0.454 e. The van der Waals surface area contributed by atoms with Crippen LogP contribution >= 0.6 is 11.6 Å².